The van der Waals surface area contributed by atoms with Gasteiger partial charge < -0.3 is 10.2 Å². The zero-order valence-corrected chi connectivity index (χ0v) is 11.2. The summed E-state index contributed by atoms with van der Waals surface area (Å²) in [5, 5.41) is 3.38. The van der Waals surface area contributed by atoms with Crippen molar-refractivity contribution in [2.75, 3.05) is 26.0 Å². The van der Waals surface area contributed by atoms with E-state index in [0.29, 0.717) is 6.42 Å². The van der Waals surface area contributed by atoms with Gasteiger partial charge in [0, 0.05) is 32.7 Å². The minimum atomic E-state index is 0.188. The molecule has 0 radical (unpaired) electrons. The number of hydrogen-bond donors (Lipinski definition) is 1. The molecule has 1 aromatic rings. The Kier molecular flexibility index (Phi) is 5.01. The van der Waals surface area contributed by atoms with Gasteiger partial charge in [0.1, 0.15) is 0 Å². The average Bonchev–Trinajstić information content (AvgIpc) is 2.28. The highest BCUT2D eigenvalue weighted by Gasteiger charge is 2.03. The van der Waals surface area contributed by atoms with Gasteiger partial charge in [-0.25, -0.2) is 0 Å². The van der Waals surface area contributed by atoms with Crippen molar-refractivity contribution in [2.24, 2.45) is 0 Å². The van der Waals surface area contributed by atoms with Crippen LogP contribution in [0.3, 0.4) is 0 Å². The molecule has 0 aliphatic heterocycles. The van der Waals surface area contributed by atoms with Crippen LogP contribution in [0.4, 0.5) is 5.69 Å². The van der Waals surface area contributed by atoms with Gasteiger partial charge in [-0.3, -0.25) is 4.79 Å². The zero-order chi connectivity index (χ0) is 12.8. The van der Waals surface area contributed by atoms with E-state index in [0.717, 1.165) is 13.0 Å². The van der Waals surface area contributed by atoms with Gasteiger partial charge in [-0.05, 0) is 37.5 Å². The van der Waals surface area contributed by atoms with Crippen LogP contribution in [0, 0.1) is 13.8 Å². The Bertz CT molecular complexity index is 386. The van der Waals surface area contributed by atoms with Crippen LogP contribution in [0.25, 0.3) is 0 Å². The van der Waals surface area contributed by atoms with Gasteiger partial charge in [0.2, 0.25) is 5.91 Å². The lowest BCUT2D eigenvalue weighted by atomic mass is 10.1. The van der Waals surface area contributed by atoms with Crippen LogP contribution in [-0.4, -0.2) is 31.4 Å². The van der Waals surface area contributed by atoms with Crippen LogP contribution in [-0.2, 0) is 4.79 Å². The van der Waals surface area contributed by atoms with E-state index in [2.05, 4.69) is 37.4 Å². The van der Waals surface area contributed by atoms with E-state index in [-0.39, 0.29) is 5.91 Å². The quantitative estimate of drug-likeness (QED) is 0.794. The molecule has 0 aliphatic carbocycles. The van der Waals surface area contributed by atoms with Gasteiger partial charge in [-0.1, -0.05) is 12.1 Å². The van der Waals surface area contributed by atoms with Crippen molar-refractivity contribution >= 4 is 11.6 Å². The maximum Gasteiger partial charge on any atom is 0.222 e. The summed E-state index contributed by atoms with van der Waals surface area (Å²) in [6.45, 7) is 5.01. The first-order valence-electron chi connectivity index (χ1n) is 6.02. The Morgan fingerprint density at radius 1 is 1.29 bits per heavy atom. The molecule has 1 rings (SSSR count). The predicted octanol–water partition coefficient (Wildman–Crippen LogP) is 2.58. The Balaban J connectivity index is 2.36. The topological polar surface area (TPSA) is 32.3 Å². The summed E-state index contributed by atoms with van der Waals surface area (Å²) in [5.41, 5.74) is 3.67. The van der Waals surface area contributed by atoms with Crippen molar-refractivity contribution in [3.8, 4) is 0 Å². The SMILES string of the molecule is Cc1ccc(C)c(NCCCC(=O)N(C)C)c1. The normalized spacial score (nSPS) is 10.1. The fourth-order valence-electron chi connectivity index (χ4n) is 1.61. The predicted molar refractivity (Wildman–Crippen MR) is 72.3 cm³/mol. The van der Waals surface area contributed by atoms with Crippen molar-refractivity contribution in [1.29, 1.82) is 0 Å². The first-order valence-corrected chi connectivity index (χ1v) is 6.02. The zero-order valence-electron chi connectivity index (χ0n) is 11.2. The number of nitrogens with zero attached hydrogens (tertiary/aromatic N) is 1. The molecule has 94 valence electrons. The second-order valence-corrected chi connectivity index (χ2v) is 4.64. The van der Waals surface area contributed by atoms with Crippen molar-refractivity contribution in [3.05, 3.63) is 29.3 Å². The summed E-state index contributed by atoms with van der Waals surface area (Å²) in [5.74, 6) is 0.188. The Morgan fingerprint density at radius 3 is 2.65 bits per heavy atom. The third-order valence-corrected chi connectivity index (χ3v) is 2.77. The molecule has 1 amide bonds. The summed E-state index contributed by atoms with van der Waals surface area (Å²) in [4.78, 5) is 13.0. The molecule has 0 bridgehead atoms. The third kappa shape index (κ3) is 4.47. The number of hydrogen-bond acceptors (Lipinski definition) is 2. The van der Waals surface area contributed by atoms with Crippen LogP contribution >= 0.6 is 0 Å². The Morgan fingerprint density at radius 2 is 2.00 bits per heavy atom. The van der Waals surface area contributed by atoms with Gasteiger partial charge in [-0.2, -0.15) is 0 Å². The van der Waals surface area contributed by atoms with Gasteiger partial charge >= 0.3 is 0 Å². The highest BCUT2D eigenvalue weighted by Crippen LogP contribution is 2.16. The molecule has 0 aromatic heterocycles. The molecule has 3 heteroatoms. The van der Waals surface area contributed by atoms with Crippen molar-refractivity contribution < 1.29 is 4.79 Å². The largest absolute Gasteiger partial charge is 0.385 e. The number of anilines is 1. The van der Waals surface area contributed by atoms with Crippen LogP contribution in [0.2, 0.25) is 0 Å². The first-order chi connectivity index (χ1) is 8.00. The molecule has 0 fully saturated rings. The monoisotopic (exact) mass is 234 g/mol. The lowest BCUT2D eigenvalue weighted by molar-refractivity contribution is -0.128. The second-order valence-electron chi connectivity index (χ2n) is 4.64. The summed E-state index contributed by atoms with van der Waals surface area (Å²) < 4.78 is 0. The molecule has 0 unspecified atom stereocenters. The van der Waals surface area contributed by atoms with Crippen LogP contribution in [0.5, 0.6) is 0 Å². The summed E-state index contributed by atoms with van der Waals surface area (Å²) in [7, 11) is 3.58. The Labute approximate surface area is 104 Å². The average molecular weight is 234 g/mol. The summed E-state index contributed by atoms with van der Waals surface area (Å²) in [6.07, 6.45) is 1.47. The lowest BCUT2D eigenvalue weighted by Gasteiger charge is -2.12. The smallest absolute Gasteiger partial charge is 0.222 e. The van der Waals surface area contributed by atoms with E-state index in [4.69, 9.17) is 0 Å². The maximum absolute atomic E-state index is 11.4. The molecule has 0 heterocycles. The number of carbonyl (C=O) groups is 1. The molecule has 0 saturated heterocycles. The number of nitrogens with one attached hydrogen (secondary N) is 1. The van der Waals surface area contributed by atoms with Crippen molar-refractivity contribution in [1.82, 2.24) is 4.90 Å². The van der Waals surface area contributed by atoms with Crippen LogP contribution < -0.4 is 5.32 Å². The number of benzene rings is 1. The summed E-state index contributed by atoms with van der Waals surface area (Å²) >= 11 is 0. The number of rotatable bonds is 5. The number of amides is 1. The molecule has 0 atom stereocenters. The van der Waals surface area contributed by atoms with E-state index >= 15 is 0 Å². The molecular weight excluding hydrogens is 212 g/mol. The van der Waals surface area contributed by atoms with Gasteiger partial charge in [-0.15, -0.1) is 0 Å². The molecule has 1 N–H and O–H groups in total. The number of aryl methyl sites for hydroxylation is 2. The van der Waals surface area contributed by atoms with E-state index in [1.807, 2.05) is 0 Å². The highest BCUT2D eigenvalue weighted by molar-refractivity contribution is 5.75. The van der Waals surface area contributed by atoms with Gasteiger partial charge in [0.05, 0.1) is 0 Å². The molecule has 0 spiro atoms. The van der Waals surface area contributed by atoms with E-state index < -0.39 is 0 Å². The Hall–Kier alpha value is -1.51. The third-order valence-electron chi connectivity index (χ3n) is 2.77. The van der Waals surface area contributed by atoms with Crippen molar-refractivity contribution in [3.63, 3.8) is 0 Å². The standard InChI is InChI=1S/C14H22N2O/c1-11-7-8-12(2)13(10-11)15-9-5-6-14(17)16(3)4/h7-8,10,15H,5-6,9H2,1-4H3. The molecule has 0 aliphatic rings. The van der Waals surface area contributed by atoms with E-state index in [1.54, 1.807) is 19.0 Å². The fraction of sp³-hybridized carbons (Fsp3) is 0.500. The molecular formula is C14H22N2O. The van der Waals surface area contributed by atoms with Gasteiger partial charge in [0.15, 0.2) is 0 Å². The molecule has 1 aromatic carbocycles. The fourth-order valence-corrected chi connectivity index (χ4v) is 1.61. The molecule has 3 nitrogen and oxygen atoms in total. The van der Waals surface area contributed by atoms with E-state index in [9.17, 15) is 4.79 Å². The lowest BCUT2D eigenvalue weighted by Crippen LogP contribution is -2.22. The minimum Gasteiger partial charge on any atom is -0.385 e. The van der Waals surface area contributed by atoms with Crippen molar-refractivity contribution in [2.45, 2.75) is 26.7 Å². The molecule has 17 heavy (non-hydrogen) atoms. The molecule has 0 saturated carbocycles. The minimum absolute atomic E-state index is 0.188. The highest BCUT2D eigenvalue weighted by atomic mass is 16.2. The van der Waals surface area contributed by atoms with Crippen LogP contribution in [0.1, 0.15) is 24.0 Å². The first kappa shape index (κ1) is 13.6. The second kappa shape index (κ2) is 6.28. The number of carbonyl (C=O) groups excluding carboxylic acids is 1. The van der Waals surface area contributed by atoms with Crippen LogP contribution in [0.15, 0.2) is 18.2 Å². The van der Waals surface area contributed by atoms with Gasteiger partial charge in [0.25, 0.3) is 0 Å². The summed E-state index contributed by atoms with van der Waals surface area (Å²) in [6, 6.07) is 6.36. The van der Waals surface area contributed by atoms with E-state index in [1.165, 1.54) is 16.8 Å². The maximum atomic E-state index is 11.4.